The van der Waals surface area contributed by atoms with Crippen molar-refractivity contribution in [2.75, 3.05) is 11.9 Å². The van der Waals surface area contributed by atoms with E-state index in [1.165, 1.54) is 4.88 Å². The monoisotopic (exact) mass is 283 g/mol. The first kappa shape index (κ1) is 13.6. The van der Waals surface area contributed by atoms with Gasteiger partial charge in [-0.25, -0.2) is 9.97 Å². The summed E-state index contributed by atoms with van der Waals surface area (Å²) in [7, 11) is 0. The third kappa shape index (κ3) is 2.93. The zero-order chi connectivity index (χ0) is 13.1. The quantitative estimate of drug-likeness (QED) is 0.828. The number of nitrogens with one attached hydrogen (secondary N) is 1. The topological polar surface area (TPSA) is 37.8 Å². The molecular formula is C13H18ClN3S. The van der Waals surface area contributed by atoms with Crippen LogP contribution in [0.25, 0.3) is 10.2 Å². The highest BCUT2D eigenvalue weighted by atomic mass is 35.5. The molecule has 2 aromatic rings. The van der Waals surface area contributed by atoms with Gasteiger partial charge in [-0.3, -0.25) is 0 Å². The van der Waals surface area contributed by atoms with Gasteiger partial charge in [0.25, 0.3) is 0 Å². The predicted molar refractivity (Wildman–Crippen MR) is 79.7 cm³/mol. The predicted octanol–water partition coefficient (Wildman–Crippen LogP) is 4.37. The molecule has 0 spiro atoms. The molecule has 0 aliphatic rings. The van der Waals surface area contributed by atoms with Crippen LogP contribution >= 0.6 is 22.9 Å². The van der Waals surface area contributed by atoms with E-state index in [-0.39, 0.29) is 0 Å². The van der Waals surface area contributed by atoms with Crippen LogP contribution in [0.4, 0.5) is 5.82 Å². The lowest BCUT2D eigenvalue weighted by Gasteiger charge is -2.11. The Balaban J connectivity index is 2.32. The van der Waals surface area contributed by atoms with Crippen molar-refractivity contribution in [2.24, 2.45) is 5.92 Å². The molecule has 1 atom stereocenters. The summed E-state index contributed by atoms with van der Waals surface area (Å²) in [4.78, 5) is 10.9. The lowest BCUT2D eigenvalue weighted by atomic mass is 10.1. The summed E-state index contributed by atoms with van der Waals surface area (Å²) >= 11 is 7.66. The first-order valence-corrected chi connectivity index (χ1v) is 7.53. The molecule has 5 heteroatoms. The van der Waals surface area contributed by atoms with E-state index >= 15 is 0 Å². The number of aromatic nitrogens is 2. The fraction of sp³-hybridized carbons (Fsp3) is 0.538. The maximum atomic E-state index is 5.97. The highest BCUT2D eigenvalue weighted by Crippen LogP contribution is 2.30. The van der Waals surface area contributed by atoms with E-state index < -0.39 is 0 Å². The molecule has 2 aromatic heterocycles. The van der Waals surface area contributed by atoms with Crippen molar-refractivity contribution < 1.29 is 0 Å². The second-order valence-electron chi connectivity index (χ2n) is 4.52. The number of fused-ring (bicyclic) bond motifs is 1. The second kappa shape index (κ2) is 5.85. The summed E-state index contributed by atoms with van der Waals surface area (Å²) in [5, 5.41) is 4.79. The van der Waals surface area contributed by atoms with Crippen LogP contribution in [-0.2, 0) is 6.42 Å². The maximum absolute atomic E-state index is 5.97. The highest BCUT2D eigenvalue weighted by Gasteiger charge is 2.11. The lowest BCUT2D eigenvalue weighted by Crippen LogP contribution is -2.11. The van der Waals surface area contributed by atoms with Crippen LogP contribution in [0.5, 0.6) is 0 Å². The van der Waals surface area contributed by atoms with Crippen LogP contribution in [0.2, 0.25) is 5.28 Å². The van der Waals surface area contributed by atoms with Crippen molar-refractivity contribution in [1.82, 2.24) is 9.97 Å². The van der Waals surface area contributed by atoms with Crippen molar-refractivity contribution in [2.45, 2.75) is 33.6 Å². The molecule has 3 nitrogen and oxygen atoms in total. The molecular weight excluding hydrogens is 266 g/mol. The average Bonchev–Trinajstić information content (AvgIpc) is 2.78. The molecule has 0 fully saturated rings. The third-order valence-electron chi connectivity index (χ3n) is 3.08. The highest BCUT2D eigenvalue weighted by molar-refractivity contribution is 7.18. The molecule has 0 radical (unpaired) electrons. The van der Waals surface area contributed by atoms with Gasteiger partial charge in [0.05, 0.1) is 5.39 Å². The van der Waals surface area contributed by atoms with Crippen molar-refractivity contribution >= 4 is 39.0 Å². The normalized spacial score (nSPS) is 12.9. The van der Waals surface area contributed by atoms with Crippen molar-refractivity contribution in [3.63, 3.8) is 0 Å². The standard InChI is InChI=1S/C13H18ClN3S/c1-4-8(3)7-15-11-10-6-9(5-2)18-12(10)17-13(14)16-11/h6,8H,4-5,7H2,1-3H3,(H,15,16,17). The average molecular weight is 284 g/mol. The zero-order valence-electron chi connectivity index (χ0n) is 11.0. The van der Waals surface area contributed by atoms with Gasteiger partial charge < -0.3 is 5.32 Å². The van der Waals surface area contributed by atoms with Gasteiger partial charge in [0.2, 0.25) is 5.28 Å². The summed E-state index contributed by atoms with van der Waals surface area (Å²) in [6.07, 6.45) is 2.17. The summed E-state index contributed by atoms with van der Waals surface area (Å²) in [5.41, 5.74) is 0. The number of aryl methyl sites for hydroxylation is 1. The van der Waals surface area contributed by atoms with Gasteiger partial charge in [-0.05, 0) is 30.0 Å². The molecule has 0 amide bonds. The number of rotatable bonds is 5. The number of thiophene rings is 1. The number of nitrogens with zero attached hydrogens (tertiary/aromatic N) is 2. The first-order chi connectivity index (χ1) is 8.63. The molecule has 1 N–H and O–H groups in total. The van der Waals surface area contributed by atoms with E-state index in [1.807, 2.05) is 0 Å². The van der Waals surface area contributed by atoms with E-state index in [2.05, 4.69) is 42.1 Å². The van der Waals surface area contributed by atoms with E-state index in [0.717, 1.165) is 35.4 Å². The Morgan fingerprint density at radius 1 is 1.39 bits per heavy atom. The fourth-order valence-corrected chi connectivity index (χ4v) is 2.86. The van der Waals surface area contributed by atoms with Gasteiger partial charge in [-0.2, -0.15) is 0 Å². The zero-order valence-corrected chi connectivity index (χ0v) is 12.5. The van der Waals surface area contributed by atoms with Crippen LogP contribution in [0, 0.1) is 5.92 Å². The smallest absolute Gasteiger partial charge is 0.225 e. The van der Waals surface area contributed by atoms with Crippen molar-refractivity contribution in [3.8, 4) is 0 Å². The van der Waals surface area contributed by atoms with Gasteiger partial charge in [0.15, 0.2) is 0 Å². The number of hydrogen-bond donors (Lipinski definition) is 1. The van der Waals surface area contributed by atoms with Gasteiger partial charge in [0.1, 0.15) is 10.6 Å². The molecule has 0 aromatic carbocycles. The Kier molecular flexibility index (Phi) is 4.40. The van der Waals surface area contributed by atoms with E-state index in [4.69, 9.17) is 11.6 Å². The number of anilines is 1. The van der Waals surface area contributed by atoms with Crippen LogP contribution in [0.3, 0.4) is 0 Å². The molecule has 98 valence electrons. The summed E-state index contributed by atoms with van der Waals surface area (Å²) < 4.78 is 0. The minimum atomic E-state index is 0.318. The third-order valence-corrected chi connectivity index (χ3v) is 4.42. The molecule has 18 heavy (non-hydrogen) atoms. The molecule has 0 saturated carbocycles. The molecule has 0 aliphatic carbocycles. The number of hydrogen-bond acceptors (Lipinski definition) is 4. The van der Waals surface area contributed by atoms with Crippen LogP contribution in [-0.4, -0.2) is 16.5 Å². The molecule has 0 saturated heterocycles. The Morgan fingerprint density at radius 2 is 2.17 bits per heavy atom. The van der Waals surface area contributed by atoms with Crippen LogP contribution < -0.4 is 5.32 Å². The van der Waals surface area contributed by atoms with Crippen molar-refractivity contribution in [3.05, 3.63) is 16.2 Å². The van der Waals surface area contributed by atoms with Gasteiger partial charge in [-0.1, -0.05) is 27.2 Å². The minimum Gasteiger partial charge on any atom is -0.369 e. The summed E-state index contributed by atoms with van der Waals surface area (Å²) in [6.45, 7) is 7.47. The SMILES string of the molecule is CCc1cc2c(NCC(C)CC)nc(Cl)nc2s1. The van der Waals surface area contributed by atoms with E-state index in [1.54, 1.807) is 11.3 Å². The summed E-state index contributed by atoms with van der Waals surface area (Å²) in [5.74, 6) is 1.49. The molecule has 0 aliphatic heterocycles. The maximum Gasteiger partial charge on any atom is 0.225 e. The van der Waals surface area contributed by atoms with Gasteiger partial charge in [-0.15, -0.1) is 11.3 Å². The number of halogens is 1. The lowest BCUT2D eigenvalue weighted by molar-refractivity contribution is 0.593. The van der Waals surface area contributed by atoms with Crippen molar-refractivity contribution in [1.29, 1.82) is 0 Å². The molecule has 2 rings (SSSR count). The second-order valence-corrected chi connectivity index (χ2v) is 5.97. The molecule has 1 unspecified atom stereocenters. The van der Waals surface area contributed by atoms with Gasteiger partial charge in [0, 0.05) is 11.4 Å². The van der Waals surface area contributed by atoms with Gasteiger partial charge >= 0.3 is 0 Å². The van der Waals surface area contributed by atoms with Crippen LogP contribution in [0.15, 0.2) is 6.07 Å². The Labute approximate surface area is 117 Å². The minimum absolute atomic E-state index is 0.318. The Hall–Kier alpha value is -0.870. The fourth-order valence-electron chi connectivity index (χ4n) is 1.67. The Bertz CT molecular complexity index is 538. The largest absolute Gasteiger partial charge is 0.369 e. The summed E-state index contributed by atoms with van der Waals surface area (Å²) in [6, 6.07) is 2.16. The molecule has 2 heterocycles. The van der Waals surface area contributed by atoms with Crippen LogP contribution in [0.1, 0.15) is 32.1 Å². The Morgan fingerprint density at radius 3 is 2.83 bits per heavy atom. The molecule has 0 bridgehead atoms. The first-order valence-electron chi connectivity index (χ1n) is 6.33. The van der Waals surface area contributed by atoms with E-state index in [9.17, 15) is 0 Å². The van der Waals surface area contributed by atoms with E-state index in [0.29, 0.717) is 11.2 Å².